The molecule has 0 N–H and O–H groups in total. The smallest absolute Gasteiger partial charge is 0.314 e. The Balaban J connectivity index is 4.73. The fourth-order valence-corrected chi connectivity index (χ4v) is 27.4. The first-order valence-corrected chi connectivity index (χ1v) is 26.1. The molecule has 0 rings (SSSR count). The molecule has 0 spiro atoms. The number of ether oxygens (including phenoxy) is 1. The number of rotatable bonds is 14. The molecule has 1 unspecified atom stereocenters. The van der Waals surface area contributed by atoms with E-state index in [0.29, 0.717) is 6.61 Å². The van der Waals surface area contributed by atoms with Gasteiger partial charge in [0.15, 0.2) is 16.6 Å². The summed E-state index contributed by atoms with van der Waals surface area (Å²) in [6.07, 6.45) is 1.64. The van der Waals surface area contributed by atoms with Gasteiger partial charge in [0.25, 0.3) is 0 Å². The molecule has 0 amide bonds. The van der Waals surface area contributed by atoms with Gasteiger partial charge in [-0.1, -0.05) is 13.8 Å². The van der Waals surface area contributed by atoms with Crippen LogP contribution in [0.15, 0.2) is 0 Å². The van der Waals surface area contributed by atoms with Gasteiger partial charge in [0.2, 0.25) is 0 Å². The van der Waals surface area contributed by atoms with Crippen molar-refractivity contribution < 1.29 is 26.0 Å². The Bertz CT molecular complexity index is 546. The van der Waals surface area contributed by atoms with Crippen LogP contribution in [-0.2, 0) is 26.0 Å². The van der Waals surface area contributed by atoms with E-state index in [4.69, 9.17) is 21.2 Å². The Kier molecular flexibility index (Phi) is 11.7. The van der Waals surface area contributed by atoms with E-state index >= 15 is 0 Å². The van der Waals surface area contributed by atoms with Gasteiger partial charge in [0, 0.05) is 0 Å². The molecule has 0 fully saturated rings. The summed E-state index contributed by atoms with van der Waals surface area (Å²) in [5.74, 6) is -0.135. The van der Waals surface area contributed by atoms with E-state index in [-0.39, 0.29) is 11.9 Å². The Morgan fingerprint density at radius 3 is 1.60 bits per heavy atom. The van der Waals surface area contributed by atoms with Gasteiger partial charge in [0.1, 0.15) is 0 Å². The van der Waals surface area contributed by atoms with E-state index in [1.54, 1.807) is 0 Å². The molecule has 6 nitrogen and oxygen atoms in total. The third-order valence-corrected chi connectivity index (χ3v) is 22.3. The molecule has 0 aromatic carbocycles. The van der Waals surface area contributed by atoms with E-state index in [9.17, 15) is 4.79 Å². The predicted molar refractivity (Wildman–Crippen MR) is 137 cm³/mol. The van der Waals surface area contributed by atoms with Crippen molar-refractivity contribution in [1.29, 1.82) is 0 Å². The summed E-state index contributed by atoms with van der Waals surface area (Å²) in [5.41, 5.74) is 0. The second-order valence-corrected chi connectivity index (χ2v) is 31.0. The molecule has 0 bridgehead atoms. The number of esters is 1. The Hall–Kier alpha value is 0.394. The zero-order valence-electron chi connectivity index (χ0n) is 21.9. The highest BCUT2D eigenvalue weighted by atomic mass is 28.5. The zero-order valence-corrected chi connectivity index (χ0v) is 26.9. The van der Waals surface area contributed by atoms with Crippen LogP contribution in [0, 0.1) is 5.92 Å². The van der Waals surface area contributed by atoms with Crippen molar-refractivity contribution in [2.45, 2.75) is 105 Å². The Morgan fingerprint density at radius 2 is 1.17 bits per heavy atom. The zero-order chi connectivity index (χ0) is 24.0. The first-order chi connectivity index (χ1) is 13.2. The van der Waals surface area contributed by atoms with E-state index in [2.05, 4.69) is 72.0 Å². The lowest BCUT2D eigenvalue weighted by atomic mass is 10.1. The molecule has 0 saturated carbocycles. The van der Waals surface area contributed by atoms with Gasteiger partial charge in [-0.25, -0.2) is 0 Å². The van der Waals surface area contributed by atoms with E-state index in [1.165, 1.54) is 0 Å². The molecule has 0 aromatic heterocycles. The van der Waals surface area contributed by atoms with Crippen LogP contribution in [0.2, 0.25) is 78.1 Å². The summed E-state index contributed by atoms with van der Waals surface area (Å²) in [5, 5.41) is 0. The maximum absolute atomic E-state index is 11.8. The maximum Gasteiger partial charge on any atom is 0.314 e. The first-order valence-electron chi connectivity index (χ1n) is 11.2. The van der Waals surface area contributed by atoms with Crippen molar-refractivity contribution in [1.82, 2.24) is 0 Å². The van der Waals surface area contributed by atoms with Crippen LogP contribution in [0.25, 0.3) is 0 Å². The number of hydrogen-bond acceptors (Lipinski definition) is 6. The fraction of sp³-hybridized carbons (Fsp3) is 0.947. The molecule has 180 valence electrons. The van der Waals surface area contributed by atoms with E-state index < -0.39 is 42.3 Å². The monoisotopic (exact) mass is 512 g/mol. The van der Waals surface area contributed by atoms with Gasteiger partial charge in [-0.15, -0.1) is 0 Å². The minimum atomic E-state index is -2.40. The van der Waals surface area contributed by atoms with Gasteiger partial charge in [0.05, 0.1) is 12.5 Å². The maximum atomic E-state index is 11.8. The van der Waals surface area contributed by atoms with E-state index in [1.807, 2.05) is 13.8 Å². The fourth-order valence-electron chi connectivity index (χ4n) is 3.68. The van der Waals surface area contributed by atoms with Crippen molar-refractivity contribution in [2.75, 3.05) is 6.61 Å². The first kappa shape index (κ1) is 30.4. The lowest BCUT2D eigenvalue weighted by Gasteiger charge is -2.42. The highest BCUT2D eigenvalue weighted by Crippen LogP contribution is 2.27. The van der Waals surface area contributed by atoms with Gasteiger partial charge in [-0.2, -0.15) is 0 Å². The molecule has 30 heavy (non-hydrogen) atoms. The Labute approximate surface area is 191 Å². The largest absolute Gasteiger partial charge is 0.465 e. The van der Waals surface area contributed by atoms with Gasteiger partial charge in [-0.3, -0.25) is 4.79 Å². The lowest BCUT2D eigenvalue weighted by molar-refractivity contribution is -0.148. The summed E-state index contributed by atoms with van der Waals surface area (Å²) in [6.45, 7) is 28.0. The van der Waals surface area contributed by atoms with Crippen molar-refractivity contribution in [2.24, 2.45) is 5.92 Å². The van der Waals surface area contributed by atoms with Crippen molar-refractivity contribution in [3.63, 3.8) is 0 Å². The SMILES string of the molecule is CCC(C)C(=O)OCCC[Si](C)(C)O[Si](C)(C)O[Si](C)(C)O[Si](C)(C)O[Si](C)(C)C. The number of hydrogen-bond donors (Lipinski definition) is 0. The topological polar surface area (TPSA) is 63.2 Å². The number of carbonyl (C=O) groups is 1. The summed E-state index contributed by atoms with van der Waals surface area (Å²) in [6, 6.07) is 0.933. The highest BCUT2D eigenvalue weighted by Gasteiger charge is 2.45. The minimum Gasteiger partial charge on any atom is -0.465 e. The molecular formula is C19H48O6Si5. The van der Waals surface area contributed by atoms with Crippen molar-refractivity contribution in [3.05, 3.63) is 0 Å². The molecule has 0 aliphatic carbocycles. The molecule has 0 heterocycles. The molecule has 1 atom stereocenters. The number of carbonyl (C=O) groups excluding carboxylic acids is 1. The molecule has 0 aliphatic rings. The molecular weight excluding hydrogens is 465 g/mol. The van der Waals surface area contributed by atoms with E-state index in [0.717, 1.165) is 18.9 Å². The molecule has 0 aromatic rings. The van der Waals surface area contributed by atoms with Gasteiger partial charge in [-0.05, 0) is 90.9 Å². The van der Waals surface area contributed by atoms with Crippen LogP contribution in [0.4, 0.5) is 0 Å². The third kappa shape index (κ3) is 14.5. The van der Waals surface area contributed by atoms with Crippen LogP contribution in [0.5, 0.6) is 0 Å². The van der Waals surface area contributed by atoms with Gasteiger partial charge < -0.3 is 21.2 Å². The van der Waals surface area contributed by atoms with Crippen LogP contribution in [-0.4, -0.2) is 54.9 Å². The summed E-state index contributed by atoms with van der Waals surface area (Å²) in [4.78, 5) is 11.8. The van der Waals surface area contributed by atoms with Gasteiger partial charge >= 0.3 is 31.7 Å². The highest BCUT2D eigenvalue weighted by molar-refractivity contribution is 6.90. The molecule has 0 radical (unpaired) electrons. The molecule has 0 aliphatic heterocycles. The summed E-state index contributed by atoms with van der Waals surface area (Å²) >= 11 is 0. The van der Waals surface area contributed by atoms with Crippen LogP contribution in [0.1, 0.15) is 26.7 Å². The average molecular weight is 513 g/mol. The Morgan fingerprint density at radius 1 is 0.733 bits per heavy atom. The molecule has 11 heteroatoms. The second-order valence-electron chi connectivity index (χ2n) is 11.1. The minimum absolute atomic E-state index is 0.0313. The van der Waals surface area contributed by atoms with Crippen molar-refractivity contribution >= 4 is 48.3 Å². The second kappa shape index (κ2) is 11.5. The van der Waals surface area contributed by atoms with Crippen molar-refractivity contribution in [3.8, 4) is 0 Å². The summed E-state index contributed by atoms with van der Waals surface area (Å²) in [7, 11) is -10.6. The molecule has 0 saturated heterocycles. The average Bonchev–Trinajstić information content (AvgIpc) is 2.43. The lowest BCUT2D eigenvalue weighted by Crippen LogP contribution is -2.58. The van der Waals surface area contributed by atoms with Crippen LogP contribution in [0.3, 0.4) is 0 Å². The van der Waals surface area contributed by atoms with Crippen LogP contribution >= 0.6 is 0 Å². The van der Waals surface area contributed by atoms with Crippen LogP contribution < -0.4 is 0 Å². The normalized spacial score (nSPS) is 15.2. The standard InChI is InChI=1S/C19H48O6Si5/c1-14-18(2)19(20)21-16-15-17-27(6,7)23-29(10,11)25-30(12,13)24-28(8,9)22-26(3,4)5/h18H,14-17H2,1-13H3. The quantitative estimate of drug-likeness (QED) is 0.157. The predicted octanol–water partition coefficient (Wildman–Crippen LogP) is 6.18. The summed E-state index contributed by atoms with van der Waals surface area (Å²) < 4.78 is 31.4. The third-order valence-electron chi connectivity index (χ3n) is 4.24.